The zero-order valence-corrected chi connectivity index (χ0v) is 12.0. The highest BCUT2D eigenvalue weighted by Crippen LogP contribution is 2.18. The number of amides is 1. The molecule has 0 saturated carbocycles. The molecule has 0 bridgehead atoms. The largest absolute Gasteiger partial charge is 0.508 e. The third-order valence-electron chi connectivity index (χ3n) is 3.38. The van der Waals surface area contributed by atoms with E-state index >= 15 is 0 Å². The first-order valence-electron chi connectivity index (χ1n) is 6.64. The molecule has 1 unspecified atom stereocenters. The molecular weight excluding hydrogens is 250 g/mol. The number of phenols is 1. The summed E-state index contributed by atoms with van der Waals surface area (Å²) in [7, 11) is 0. The highest BCUT2D eigenvalue weighted by atomic mass is 16.3. The lowest BCUT2D eigenvalue weighted by Crippen LogP contribution is -2.26. The van der Waals surface area contributed by atoms with Crippen LogP contribution in [0, 0.1) is 13.8 Å². The van der Waals surface area contributed by atoms with E-state index in [2.05, 4.69) is 5.32 Å². The van der Waals surface area contributed by atoms with Gasteiger partial charge in [-0.3, -0.25) is 4.79 Å². The molecule has 20 heavy (non-hydrogen) atoms. The molecule has 104 valence electrons. The van der Waals surface area contributed by atoms with Gasteiger partial charge in [0.25, 0.3) is 5.91 Å². The van der Waals surface area contributed by atoms with Gasteiger partial charge >= 0.3 is 0 Å². The molecule has 2 N–H and O–H groups in total. The number of carbonyl (C=O) groups is 1. The van der Waals surface area contributed by atoms with E-state index in [1.165, 1.54) is 5.56 Å². The first-order chi connectivity index (χ1) is 9.47. The number of aromatic hydroxyl groups is 1. The molecular formula is C17H19NO2. The lowest BCUT2D eigenvalue weighted by Gasteiger charge is -2.15. The van der Waals surface area contributed by atoms with Crippen LogP contribution >= 0.6 is 0 Å². The second kappa shape index (κ2) is 5.78. The molecule has 2 aromatic rings. The Morgan fingerprint density at radius 1 is 1.10 bits per heavy atom. The Kier molecular flexibility index (Phi) is 4.08. The highest BCUT2D eigenvalue weighted by Gasteiger charge is 2.12. The van der Waals surface area contributed by atoms with Gasteiger partial charge < -0.3 is 10.4 Å². The molecule has 0 aliphatic carbocycles. The van der Waals surface area contributed by atoms with Crippen LogP contribution in [0.5, 0.6) is 5.75 Å². The van der Waals surface area contributed by atoms with Crippen molar-refractivity contribution in [1.29, 1.82) is 0 Å². The maximum atomic E-state index is 12.2. The summed E-state index contributed by atoms with van der Waals surface area (Å²) in [5.41, 5.74) is 3.51. The SMILES string of the molecule is Cc1ccc(C(C)NC(=O)c2ccc(O)c(C)c2)cc1. The Balaban J connectivity index is 2.10. The van der Waals surface area contributed by atoms with Crippen molar-refractivity contribution >= 4 is 5.91 Å². The molecule has 0 spiro atoms. The fraction of sp³-hybridized carbons (Fsp3) is 0.235. The molecule has 0 fully saturated rings. The van der Waals surface area contributed by atoms with Crippen LogP contribution in [-0.4, -0.2) is 11.0 Å². The summed E-state index contributed by atoms with van der Waals surface area (Å²) in [5, 5.41) is 12.4. The number of hydrogen-bond donors (Lipinski definition) is 2. The summed E-state index contributed by atoms with van der Waals surface area (Å²) < 4.78 is 0. The standard InChI is InChI=1S/C17H19NO2/c1-11-4-6-14(7-5-11)13(3)18-17(20)15-8-9-16(19)12(2)10-15/h4-10,13,19H,1-3H3,(H,18,20). The minimum Gasteiger partial charge on any atom is -0.508 e. The Hall–Kier alpha value is -2.29. The van der Waals surface area contributed by atoms with Crippen LogP contribution in [0.3, 0.4) is 0 Å². The summed E-state index contributed by atoms with van der Waals surface area (Å²) in [6.45, 7) is 5.76. The van der Waals surface area contributed by atoms with Crippen LogP contribution in [0.15, 0.2) is 42.5 Å². The van der Waals surface area contributed by atoms with E-state index in [1.807, 2.05) is 38.1 Å². The van der Waals surface area contributed by atoms with E-state index < -0.39 is 0 Å². The Morgan fingerprint density at radius 3 is 2.35 bits per heavy atom. The van der Waals surface area contributed by atoms with E-state index in [0.717, 1.165) is 5.56 Å². The maximum Gasteiger partial charge on any atom is 0.251 e. The van der Waals surface area contributed by atoms with Crippen molar-refractivity contribution < 1.29 is 9.90 Å². The van der Waals surface area contributed by atoms with Gasteiger partial charge in [-0.15, -0.1) is 0 Å². The second-order valence-electron chi connectivity index (χ2n) is 5.11. The normalized spacial score (nSPS) is 11.9. The number of carbonyl (C=O) groups excluding carboxylic acids is 1. The molecule has 2 aromatic carbocycles. The molecule has 2 rings (SSSR count). The smallest absolute Gasteiger partial charge is 0.251 e. The summed E-state index contributed by atoms with van der Waals surface area (Å²) in [4.78, 5) is 12.2. The van der Waals surface area contributed by atoms with Crippen molar-refractivity contribution in [2.45, 2.75) is 26.8 Å². The monoisotopic (exact) mass is 269 g/mol. The molecule has 1 atom stereocenters. The first-order valence-corrected chi connectivity index (χ1v) is 6.64. The summed E-state index contributed by atoms with van der Waals surface area (Å²) in [6, 6.07) is 12.9. The number of nitrogens with one attached hydrogen (secondary N) is 1. The zero-order valence-electron chi connectivity index (χ0n) is 12.0. The van der Waals surface area contributed by atoms with Crippen LogP contribution in [0.4, 0.5) is 0 Å². The second-order valence-corrected chi connectivity index (χ2v) is 5.11. The van der Waals surface area contributed by atoms with Crippen LogP contribution < -0.4 is 5.32 Å². The number of aryl methyl sites for hydroxylation is 2. The molecule has 1 amide bonds. The van der Waals surface area contributed by atoms with E-state index in [0.29, 0.717) is 11.1 Å². The van der Waals surface area contributed by atoms with Gasteiger partial charge in [0.1, 0.15) is 5.75 Å². The third kappa shape index (κ3) is 3.18. The Bertz CT molecular complexity index is 617. The van der Waals surface area contributed by atoms with Gasteiger partial charge in [0, 0.05) is 5.56 Å². The Morgan fingerprint density at radius 2 is 1.75 bits per heavy atom. The predicted molar refractivity (Wildman–Crippen MR) is 79.9 cm³/mol. The van der Waals surface area contributed by atoms with Crippen LogP contribution in [0.25, 0.3) is 0 Å². The average Bonchev–Trinajstić information content (AvgIpc) is 2.42. The van der Waals surface area contributed by atoms with Gasteiger partial charge in [-0.25, -0.2) is 0 Å². The highest BCUT2D eigenvalue weighted by molar-refractivity contribution is 5.94. The molecule has 3 heteroatoms. The van der Waals surface area contributed by atoms with Gasteiger partial charge in [0.15, 0.2) is 0 Å². The molecule has 0 aliphatic heterocycles. The molecule has 0 aliphatic rings. The van der Waals surface area contributed by atoms with Crippen LogP contribution in [0.1, 0.15) is 40.0 Å². The van der Waals surface area contributed by atoms with E-state index in [-0.39, 0.29) is 17.7 Å². The van der Waals surface area contributed by atoms with Crippen molar-refractivity contribution in [3.63, 3.8) is 0 Å². The van der Waals surface area contributed by atoms with E-state index in [1.54, 1.807) is 25.1 Å². The van der Waals surface area contributed by atoms with E-state index in [9.17, 15) is 9.90 Å². The van der Waals surface area contributed by atoms with E-state index in [4.69, 9.17) is 0 Å². The fourth-order valence-corrected chi connectivity index (χ4v) is 2.02. The van der Waals surface area contributed by atoms with Crippen molar-refractivity contribution in [3.8, 4) is 5.75 Å². The maximum absolute atomic E-state index is 12.2. The molecule has 0 heterocycles. The third-order valence-corrected chi connectivity index (χ3v) is 3.38. The van der Waals surface area contributed by atoms with Gasteiger partial charge in [0.2, 0.25) is 0 Å². The van der Waals surface area contributed by atoms with Gasteiger partial charge in [-0.05, 0) is 50.1 Å². The van der Waals surface area contributed by atoms with Crippen molar-refractivity contribution in [1.82, 2.24) is 5.32 Å². The average molecular weight is 269 g/mol. The summed E-state index contributed by atoms with van der Waals surface area (Å²) in [5.74, 6) is 0.0642. The number of rotatable bonds is 3. The van der Waals surface area contributed by atoms with Gasteiger partial charge in [0.05, 0.1) is 6.04 Å². The summed E-state index contributed by atoms with van der Waals surface area (Å²) in [6.07, 6.45) is 0. The molecule has 3 nitrogen and oxygen atoms in total. The quantitative estimate of drug-likeness (QED) is 0.896. The minimum atomic E-state index is -0.138. The van der Waals surface area contributed by atoms with Crippen LogP contribution in [0.2, 0.25) is 0 Å². The van der Waals surface area contributed by atoms with Crippen molar-refractivity contribution in [2.24, 2.45) is 0 Å². The fourth-order valence-electron chi connectivity index (χ4n) is 2.02. The van der Waals surface area contributed by atoms with Crippen molar-refractivity contribution in [3.05, 3.63) is 64.7 Å². The minimum absolute atomic E-state index is 0.0581. The number of hydrogen-bond acceptors (Lipinski definition) is 2. The molecule has 0 aromatic heterocycles. The lowest BCUT2D eigenvalue weighted by atomic mass is 10.1. The van der Waals surface area contributed by atoms with Crippen molar-refractivity contribution in [2.75, 3.05) is 0 Å². The molecule has 0 radical (unpaired) electrons. The van der Waals surface area contributed by atoms with Gasteiger partial charge in [-0.2, -0.15) is 0 Å². The topological polar surface area (TPSA) is 49.3 Å². The lowest BCUT2D eigenvalue weighted by molar-refractivity contribution is 0.0940. The van der Waals surface area contributed by atoms with Gasteiger partial charge in [-0.1, -0.05) is 29.8 Å². The molecule has 0 saturated heterocycles. The number of phenolic OH excluding ortho intramolecular Hbond substituents is 1. The summed E-state index contributed by atoms with van der Waals surface area (Å²) >= 11 is 0. The zero-order chi connectivity index (χ0) is 14.7. The predicted octanol–water partition coefficient (Wildman–Crippen LogP) is 3.50. The Labute approximate surface area is 119 Å². The van der Waals surface area contributed by atoms with Crippen LogP contribution in [-0.2, 0) is 0 Å². The number of benzene rings is 2. The first kappa shape index (κ1) is 14.1.